The lowest BCUT2D eigenvalue weighted by Gasteiger charge is -2.18. The van der Waals surface area contributed by atoms with Gasteiger partial charge >= 0.3 is 0 Å². The Morgan fingerprint density at radius 2 is 2.14 bits per heavy atom. The number of anilines is 1. The van der Waals surface area contributed by atoms with E-state index in [2.05, 4.69) is 5.32 Å². The van der Waals surface area contributed by atoms with Gasteiger partial charge < -0.3 is 25.3 Å². The SMILES string of the molecule is O=C(C[C@@H]([NH2+]C[C@@H]1CCCO1)C(=O)[O-])Nc1ccc(F)cc1. The summed E-state index contributed by atoms with van der Waals surface area (Å²) in [6, 6.07) is 4.30. The minimum Gasteiger partial charge on any atom is -0.544 e. The summed E-state index contributed by atoms with van der Waals surface area (Å²) >= 11 is 0. The zero-order valence-corrected chi connectivity index (χ0v) is 12.1. The molecule has 1 heterocycles. The number of benzene rings is 1. The van der Waals surface area contributed by atoms with Gasteiger partial charge in [0, 0.05) is 12.3 Å². The molecule has 0 bridgehead atoms. The maximum Gasteiger partial charge on any atom is 0.230 e. The molecule has 1 saturated heterocycles. The van der Waals surface area contributed by atoms with Crippen molar-refractivity contribution in [1.29, 1.82) is 0 Å². The number of hydrogen-bond acceptors (Lipinski definition) is 4. The molecular weight excluding hydrogens is 291 g/mol. The molecule has 1 amide bonds. The summed E-state index contributed by atoms with van der Waals surface area (Å²) in [7, 11) is 0. The van der Waals surface area contributed by atoms with Gasteiger partial charge in [0.15, 0.2) is 0 Å². The number of carbonyl (C=O) groups is 2. The first kappa shape index (κ1) is 16.4. The molecular formula is C15H19FN2O4. The number of amides is 1. The monoisotopic (exact) mass is 310 g/mol. The van der Waals surface area contributed by atoms with Crippen LogP contribution in [0.4, 0.5) is 10.1 Å². The standard InChI is InChI=1S/C15H19FN2O4/c16-10-3-5-11(6-4-10)18-14(19)8-13(15(20)21)17-9-12-2-1-7-22-12/h3-6,12-13,17H,1-2,7-9H2,(H,18,19)(H,20,21)/t12-,13+/m0/s1. The minimum atomic E-state index is -1.28. The van der Waals surface area contributed by atoms with Crippen molar-refractivity contribution in [2.45, 2.75) is 31.4 Å². The van der Waals surface area contributed by atoms with Crippen LogP contribution in [0.2, 0.25) is 0 Å². The van der Waals surface area contributed by atoms with Gasteiger partial charge in [-0.2, -0.15) is 0 Å². The largest absolute Gasteiger partial charge is 0.544 e. The zero-order valence-electron chi connectivity index (χ0n) is 12.1. The quantitative estimate of drug-likeness (QED) is 0.676. The summed E-state index contributed by atoms with van der Waals surface area (Å²) in [5, 5.41) is 15.2. The molecule has 0 radical (unpaired) electrons. The Kier molecular flexibility index (Phi) is 5.85. The molecule has 1 fully saturated rings. The molecule has 0 aliphatic carbocycles. The first-order valence-corrected chi connectivity index (χ1v) is 7.26. The number of carboxylic acids is 1. The minimum absolute atomic E-state index is 0.0296. The molecule has 2 rings (SSSR count). The molecule has 0 aromatic heterocycles. The van der Waals surface area contributed by atoms with Crippen LogP contribution in [0.25, 0.3) is 0 Å². The Balaban J connectivity index is 1.82. The van der Waals surface area contributed by atoms with Crippen LogP contribution in [0.3, 0.4) is 0 Å². The normalized spacial score (nSPS) is 18.9. The molecule has 0 saturated carbocycles. The number of quaternary nitrogens is 1. The maximum absolute atomic E-state index is 12.8. The van der Waals surface area contributed by atoms with Crippen LogP contribution in [-0.4, -0.2) is 37.2 Å². The third-order valence-corrected chi connectivity index (χ3v) is 3.54. The fourth-order valence-corrected chi connectivity index (χ4v) is 2.35. The smallest absolute Gasteiger partial charge is 0.230 e. The number of nitrogens with one attached hydrogen (secondary N) is 1. The van der Waals surface area contributed by atoms with Gasteiger partial charge in [-0.15, -0.1) is 0 Å². The van der Waals surface area contributed by atoms with Gasteiger partial charge in [0.25, 0.3) is 0 Å². The molecule has 2 atom stereocenters. The summed E-state index contributed by atoms with van der Waals surface area (Å²) in [5.41, 5.74) is 0.419. The van der Waals surface area contributed by atoms with Gasteiger partial charge in [0.05, 0.1) is 12.4 Å². The summed E-state index contributed by atoms with van der Waals surface area (Å²) in [4.78, 5) is 23.0. The van der Waals surface area contributed by atoms with Crippen LogP contribution >= 0.6 is 0 Å². The van der Waals surface area contributed by atoms with Gasteiger partial charge in [-0.1, -0.05) is 0 Å². The second kappa shape index (κ2) is 7.86. The number of halogens is 1. The Labute approximate surface area is 127 Å². The lowest BCUT2D eigenvalue weighted by Crippen LogP contribution is -2.94. The van der Waals surface area contributed by atoms with E-state index < -0.39 is 23.7 Å². The maximum atomic E-state index is 12.8. The molecule has 0 unspecified atom stereocenters. The highest BCUT2D eigenvalue weighted by Gasteiger charge is 2.23. The van der Waals surface area contributed by atoms with Crippen molar-refractivity contribution in [3.05, 3.63) is 30.1 Å². The highest BCUT2D eigenvalue weighted by Crippen LogP contribution is 2.10. The number of carboxylic acid groups (broad SMARTS) is 1. The number of aliphatic carboxylic acids is 1. The fourth-order valence-electron chi connectivity index (χ4n) is 2.35. The van der Waals surface area contributed by atoms with Gasteiger partial charge in [0.2, 0.25) is 5.91 Å². The average molecular weight is 310 g/mol. The van der Waals surface area contributed by atoms with E-state index in [1.165, 1.54) is 24.3 Å². The third-order valence-electron chi connectivity index (χ3n) is 3.54. The lowest BCUT2D eigenvalue weighted by molar-refractivity contribution is -0.687. The lowest BCUT2D eigenvalue weighted by atomic mass is 10.1. The molecule has 1 aliphatic rings. The molecule has 120 valence electrons. The third kappa shape index (κ3) is 5.09. The number of carbonyl (C=O) groups excluding carboxylic acids is 2. The van der Waals surface area contributed by atoms with Crippen molar-refractivity contribution in [1.82, 2.24) is 0 Å². The predicted molar refractivity (Wildman–Crippen MR) is 74.2 cm³/mol. The van der Waals surface area contributed by atoms with Gasteiger partial charge in [-0.3, -0.25) is 4.79 Å². The van der Waals surface area contributed by atoms with Crippen LogP contribution in [-0.2, 0) is 14.3 Å². The topological polar surface area (TPSA) is 95.1 Å². The highest BCUT2D eigenvalue weighted by molar-refractivity contribution is 5.93. The van der Waals surface area contributed by atoms with E-state index in [-0.39, 0.29) is 12.5 Å². The molecule has 1 aliphatic heterocycles. The Morgan fingerprint density at radius 3 is 2.73 bits per heavy atom. The van der Waals surface area contributed by atoms with Gasteiger partial charge in [-0.05, 0) is 37.1 Å². The van der Waals surface area contributed by atoms with Crippen molar-refractivity contribution < 1.29 is 29.1 Å². The predicted octanol–water partition coefficient (Wildman–Crippen LogP) is -0.985. The van der Waals surface area contributed by atoms with Crippen LogP contribution in [0.15, 0.2) is 24.3 Å². The van der Waals surface area contributed by atoms with Crippen LogP contribution in [0, 0.1) is 5.82 Å². The fraction of sp³-hybridized carbons (Fsp3) is 0.467. The summed E-state index contributed by atoms with van der Waals surface area (Å²) < 4.78 is 18.2. The Morgan fingerprint density at radius 1 is 1.41 bits per heavy atom. The second-order valence-electron chi connectivity index (χ2n) is 5.29. The zero-order chi connectivity index (χ0) is 15.9. The van der Waals surface area contributed by atoms with Crippen LogP contribution < -0.4 is 15.7 Å². The molecule has 7 heteroatoms. The summed E-state index contributed by atoms with van der Waals surface area (Å²) in [6.45, 7) is 1.18. The van der Waals surface area contributed by atoms with Crippen molar-refractivity contribution in [3.63, 3.8) is 0 Å². The number of nitrogens with two attached hydrogens (primary N) is 1. The van der Waals surface area contributed by atoms with Crippen molar-refractivity contribution in [3.8, 4) is 0 Å². The van der Waals surface area contributed by atoms with E-state index >= 15 is 0 Å². The van der Waals surface area contributed by atoms with Gasteiger partial charge in [0.1, 0.15) is 24.5 Å². The molecule has 0 spiro atoms. The molecule has 3 N–H and O–H groups in total. The highest BCUT2D eigenvalue weighted by atomic mass is 19.1. The van der Waals surface area contributed by atoms with Crippen LogP contribution in [0.1, 0.15) is 19.3 Å². The first-order chi connectivity index (χ1) is 10.5. The number of rotatable bonds is 7. The van der Waals surface area contributed by atoms with E-state index in [0.29, 0.717) is 18.8 Å². The van der Waals surface area contributed by atoms with E-state index in [4.69, 9.17) is 4.74 Å². The van der Waals surface area contributed by atoms with E-state index in [1.54, 1.807) is 5.32 Å². The number of hydrogen-bond donors (Lipinski definition) is 2. The van der Waals surface area contributed by atoms with E-state index in [1.807, 2.05) is 0 Å². The second-order valence-corrected chi connectivity index (χ2v) is 5.29. The Hall–Kier alpha value is -1.99. The summed E-state index contributed by atoms with van der Waals surface area (Å²) in [5.74, 6) is -2.15. The first-order valence-electron chi connectivity index (χ1n) is 7.26. The van der Waals surface area contributed by atoms with Crippen molar-refractivity contribution >= 4 is 17.6 Å². The number of ether oxygens (including phenoxy) is 1. The van der Waals surface area contributed by atoms with E-state index in [0.717, 1.165) is 12.8 Å². The average Bonchev–Trinajstić information content (AvgIpc) is 2.99. The molecule has 1 aromatic rings. The van der Waals surface area contributed by atoms with Crippen molar-refractivity contribution in [2.24, 2.45) is 0 Å². The summed E-state index contributed by atoms with van der Waals surface area (Å²) in [6.07, 6.45) is 1.69. The molecule has 1 aromatic carbocycles. The van der Waals surface area contributed by atoms with Crippen molar-refractivity contribution in [2.75, 3.05) is 18.5 Å². The Bertz CT molecular complexity index is 515. The molecule has 22 heavy (non-hydrogen) atoms. The van der Waals surface area contributed by atoms with Crippen LogP contribution in [0.5, 0.6) is 0 Å². The van der Waals surface area contributed by atoms with E-state index in [9.17, 15) is 19.1 Å². The molecule has 6 nitrogen and oxygen atoms in total. The van der Waals surface area contributed by atoms with Gasteiger partial charge in [-0.25, -0.2) is 4.39 Å².